The maximum atomic E-state index is 6.00. The van der Waals surface area contributed by atoms with E-state index in [0.717, 1.165) is 40.4 Å². The molecule has 1 aliphatic carbocycles. The Balaban J connectivity index is 2.12. The lowest BCUT2D eigenvalue weighted by molar-refractivity contribution is 0.866. The van der Waals surface area contributed by atoms with Gasteiger partial charge in [0.2, 0.25) is 0 Å². The minimum Gasteiger partial charge on any atom is -0.372 e. The minimum atomic E-state index is 0.745. The molecular formula is C23H22ClN. The molecule has 0 saturated carbocycles. The molecule has 2 aromatic carbocycles. The molecular weight excluding hydrogens is 326 g/mol. The Bertz CT molecular complexity index is 891. The van der Waals surface area contributed by atoms with Crippen molar-refractivity contribution in [2.75, 3.05) is 18.0 Å². The number of benzene rings is 2. The molecule has 0 heterocycles. The summed E-state index contributed by atoms with van der Waals surface area (Å²) < 4.78 is 0. The van der Waals surface area contributed by atoms with Gasteiger partial charge in [-0.3, -0.25) is 0 Å². The molecule has 0 atom stereocenters. The zero-order valence-corrected chi connectivity index (χ0v) is 15.7. The third kappa shape index (κ3) is 3.23. The molecule has 0 fully saturated rings. The van der Waals surface area contributed by atoms with E-state index in [0.29, 0.717) is 0 Å². The van der Waals surface area contributed by atoms with Crippen LogP contribution in [0.2, 0.25) is 5.02 Å². The number of fused-ring (bicyclic) bond motifs is 1. The van der Waals surface area contributed by atoms with E-state index >= 15 is 0 Å². The van der Waals surface area contributed by atoms with Gasteiger partial charge in [-0.05, 0) is 73.4 Å². The number of hydrogen-bond acceptors (Lipinski definition) is 1. The van der Waals surface area contributed by atoms with E-state index in [-0.39, 0.29) is 0 Å². The van der Waals surface area contributed by atoms with Crippen molar-refractivity contribution in [2.45, 2.75) is 20.8 Å². The standard InChI is InChI=1S/C23H22ClN/c1-5-20-16(4)22(14-17-8-10-18(24)11-9-17)21-13-12-19(15-23(20)21)25(6-2)7-3/h1,8-15H,6-7H2,2-4H3. The molecule has 0 bridgehead atoms. The Hall–Kier alpha value is -2.43. The molecule has 25 heavy (non-hydrogen) atoms. The maximum absolute atomic E-state index is 6.00. The van der Waals surface area contributed by atoms with Crippen molar-refractivity contribution in [1.29, 1.82) is 0 Å². The first-order valence-electron chi connectivity index (χ1n) is 8.63. The molecule has 2 aromatic rings. The summed E-state index contributed by atoms with van der Waals surface area (Å²) in [5.74, 6) is 2.90. The van der Waals surface area contributed by atoms with Gasteiger partial charge in [0, 0.05) is 34.9 Å². The van der Waals surface area contributed by atoms with Crippen LogP contribution in [0.3, 0.4) is 0 Å². The minimum absolute atomic E-state index is 0.745. The van der Waals surface area contributed by atoms with Gasteiger partial charge in [0.05, 0.1) is 0 Å². The van der Waals surface area contributed by atoms with E-state index in [1.807, 2.05) is 24.3 Å². The van der Waals surface area contributed by atoms with Crippen LogP contribution >= 0.6 is 11.6 Å². The molecule has 0 radical (unpaired) electrons. The average Bonchev–Trinajstić information content (AvgIpc) is 2.89. The van der Waals surface area contributed by atoms with Crippen molar-refractivity contribution < 1.29 is 0 Å². The second-order valence-electron chi connectivity index (χ2n) is 6.16. The largest absolute Gasteiger partial charge is 0.372 e. The van der Waals surface area contributed by atoms with Gasteiger partial charge in [0.1, 0.15) is 0 Å². The third-order valence-corrected chi connectivity index (χ3v) is 5.05. The first-order valence-corrected chi connectivity index (χ1v) is 9.01. The third-order valence-electron chi connectivity index (χ3n) is 4.80. The van der Waals surface area contributed by atoms with Gasteiger partial charge >= 0.3 is 0 Å². The highest BCUT2D eigenvalue weighted by molar-refractivity contribution is 6.30. The predicted octanol–water partition coefficient (Wildman–Crippen LogP) is 6.15. The molecule has 0 aliphatic heterocycles. The molecule has 0 spiro atoms. The normalized spacial score (nSPS) is 14.6. The summed E-state index contributed by atoms with van der Waals surface area (Å²) >= 11 is 6.00. The lowest BCUT2D eigenvalue weighted by Crippen LogP contribution is -2.21. The second-order valence-corrected chi connectivity index (χ2v) is 6.59. The lowest BCUT2D eigenvalue weighted by atomic mass is 10.00. The molecule has 1 nitrogen and oxygen atoms in total. The first-order chi connectivity index (χ1) is 12.1. The zero-order chi connectivity index (χ0) is 18.0. The van der Waals surface area contributed by atoms with Crippen LogP contribution in [0.4, 0.5) is 5.69 Å². The van der Waals surface area contributed by atoms with Crippen LogP contribution in [0.5, 0.6) is 0 Å². The Morgan fingerprint density at radius 2 is 1.72 bits per heavy atom. The van der Waals surface area contributed by atoms with Gasteiger partial charge in [-0.2, -0.15) is 0 Å². The van der Waals surface area contributed by atoms with Crippen molar-refractivity contribution in [2.24, 2.45) is 0 Å². The number of nitrogens with zero attached hydrogens (tertiary/aromatic N) is 1. The van der Waals surface area contributed by atoms with Gasteiger partial charge in [-0.15, -0.1) is 6.42 Å². The van der Waals surface area contributed by atoms with E-state index < -0.39 is 0 Å². The fourth-order valence-corrected chi connectivity index (χ4v) is 3.52. The van der Waals surface area contributed by atoms with Gasteiger partial charge < -0.3 is 4.90 Å². The first kappa shape index (κ1) is 17.4. The SMILES string of the molecule is C#CC1=C(C)C(=Cc2ccc(Cl)cc2)c2ccc(N(CC)CC)cc21. The average molecular weight is 348 g/mol. The van der Waals surface area contributed by atoms with Crippen LogP contribution in [0, 0.1) is 12.3 Å². The van der Waals surface area contributed by atoms with Gasteiger partial charge in [0.15, 0.2) is 0 Å². The number of allylic oxidation sites excluding steroid dienone is 3. The summed E-state index contributed by atoms with van der Waals surface area (Å²) in [6.07, 6.45) is 8.03. The molecule has 0 amide bonds. The molecule has 2 heteroatoms. The van der Waals surface area contributed by atoms with Crippen LogP contribution < -0.4 is 4.90 Å². The molecule has 1 aliphatic rings. The Morgan fingerprint density at radius 1 is 1.04 bits per heavy atom. The van der Waals surface area contributed by atoms with Crippen LogP contribution in [-0.2, 0) is 0 Å². The van der Waals surface area contributed by atoms with Crippen LogP contribution in [-0.4, -0.2) is 13.1 Å². The summed E-state index contributed by atoms with van der Waals surface area (Å²) in [6, 6.07) is 14.5. The zero-order valence-electron chi connectivity index (χ0n) is 14.9. The highest BCUT2D eigenvalue weighted by atomic mass is 35.5. The molecule has 126 valence electrons. The van der Waals surface area contributed by atoms with Crippen LogP contribution in [0.1, 0.15) is 37.5 Å². The lowest BCUT2D eigenvalue weighted by Gasteiger charge is -2.22. The van der Waals surface area contributed by atoms with Crippen molar-refractivity contribution in [3.63, 3.8) is 0 Å². The number of anilines is 1. The summed E-state index contributed by atoms with van der Waals surface area (Å²) in [6.45, 7) is 8.42. The smallest absolute Gasteiger partial charge is 0.0406 e. The summed E-state index contributed by atoms with van der Waals surface area (Å²) in [5.41, 5.74) is 8.04. The quantitative estimate of drug-likeness (QED) is 0.600. The molecule has 0 aromatic heterocycles. The number of hydrogen-bond donors (Lipinski definition) is 0. The van der Waals surface area contributed by atoms with Gasteiger partial charge in [-0.1, -0.05) is 35.7 Å². The molecule has 3 rings (SSSR count). The highest BCUT2D eigenvalue weighted by Gasteiger charge is 2.23. The Morgan fingerprint density at radius 3 is 2.32 bits per heavy atom. The van der Waals surface area contributed by atoms with E-state index in [2.05, 4.69) is 55.9 Å². The Labute approximate surface area is 155 Å². The van der Waals surface area contributed by atoms with E-state index in [1.165, 1.54) is 16.8 Å². The maximum Gasteiger partial charge on any atom is 0.0406 e. The summed E-state index contributed by atoms with van der Waals surface area (Å²) in [5, 5.41) is 0.745. The highest BCUT2D eigenvalue weighted by Crippen LogP contribution is 2.43. The topological polar surface area (TPSA) is 3.24 Å². The van der Waals surface area contributed by atoms with Crippen molar-refractivity contribution in [3.8, 4) is 12.3 Å². The molecule has 0 unspecified atom stereocenters. The number of rotatable bonds is 4. The van der Waals surface area contributed by atoms with Crippen LogP contribution in [0.25, 0.3) is 17.2 Å². The summed E-state index contributed by atoms with van der Waals surface area (Å²) in [7, 11) is 0. The molecule has 0 saturated heterocycles. The van der Waals surface area contributed by atoms with Crippen molar-refractivity contribution in [1.82, 2.24) is 0 Å². The van der Waals surface area contributed by atoms with E-state index in [1.54, 1.807) is 0 Å². The van der Waals surface area contributed by atoms with Gasteiger partial charge in [-0.25, -0.2) is 0 Å². The fraction of sp³-hybridized carbons (Fsp3) is 0.217. The summed E-state index contributed by atoms with van der Waals surface area (Å²) in [4.78, 5) is 2.34. The number of terminal acetylenes is 1. The molecule has 0 N–H and O–H groups in total. The second kappa shape index (κ2) is 7.21. The van der Waals surface area contributed by atoms with Gasteiger partial charge in [0.25, 0.3) is 0 Å². The van der Waals surface area contributed by atoms with Crippen molar-refractivity contribution in [3.05, 3.63) is 69.8 Å². The van der Waals surface area contributed by atoms with Crippen LogP contribution in [0.15, 0.2) is 48.0 Å². The van der Waals surface area contributed by atoms with Crippen molar-refractivity contribution >= 4 is 34.5 Å². The number of halogens is 1. The van der Waals surface area contributed by atoms with E-state index in [4.69, 9.17) is 18.0 Å². The Kier molecular flexibility index (Phi) is 5.02. The predicted molar refractivity (Wildman–Crippen MR) is 111 cm³/mol. The fourth-order valence-electron chi connectivity index (χ4n) is 3.40. The van der Waals surface area contributed by atoms with E-state index in [9.17, 15) is 0 Å². The monoisotopic (exact) mass is 347 g/mol.